The zero-order valence-corrected chi connectivity index (χ0v) is 13.7. The Hall–Kier alpha value is -1.34. The number of amides is 1. The third kappa shape index (κ3) is 3.70. The van der Waals surface area contributed by atoms with E-state index in [0.29, 0.717) is 13.1 Å². The van der Waals surface area contributed by atoms with Crippen LogP contribution in [0.25, 0.3) is 0 Å². The second kappa shape index (κ2) is 6.04. The van der Waals surface area contributed by atoms with E-state index in [2.05, 4.69) is 15.2 Å². The van der Waals surface area contributed by atoms with E-state index in [1.807, 2.05) is 20.8 Å². The number of hydrogen-bond donors (Lipinski definition) is 1. The van der Waals surface area contributed by atoms with Crippen LogP contribution in [0, 0.1) is 0 Å². The normalized spacial score (nSPS) is 29.0. The van der Waals surface area contributed by atoms with Crippen molar-refractivity contribution in [3.05, 3.63) is 0 Å². The molecule has 3 rings (SSSR count). The van der Waals surface area contributed by atoms with Crippen LogP contribution in [0.1, 0.15) is 20.8 Å². The number of carbonyl (C=O) groups excluding carboxylic acids is 1. The highest BCUT2D eigenvalue weighted by atomic mass is 16.6. The molecule has 0 aromatic carbocycles. The van der Waals surface area contributed by atoms with Crippen molar-refractivity contribution in [2.45, 2.75) is 38.5 Å². The average molecular weight is 310 g/mol. The molecule has 2 fully saturated rings. The van der Waals surface area contributed by atoms with Gasteiger partial charge in [-0.3, -0.25) is 4.90 Å². The van der Waals surface area contributed by atoms with Crippen molar-refractivity contribution in [3.63, 3.8) is 0 Å². The van der Waals surface area contributed by atoms with E-state index in [1.165, 1.54) is 0 Å². The number of ether oxygens (including phenoxy) is 2. The fraction of sp³-hybridized carbons (Fsp3) is 0.867. The van der Waals surface area contributed by atoms with Crippen LogP contribution in [0.15, 0.2) is 4.99 Å². The van der Waals surface area contributed by atoms with Crippen LogP contribution in [-0.2, 0) is 9.47 Å². The first-order valence-electron chi connectivity index (χ1n) is 8.05. The second-order valence-corrected chi connectivity index (χ2v) is 7.16. The van der Waals surface area contributed by atoms with E-state index in [-0.39, 0.29) is 18.2 Å². The summed E-state index contributed by atoms with van der Waals surface area (Å²) in [6.07, 6.45) is -0.283. The van der Waals surface area contributed by atoms with Crippen LogP contribution < -0.4 is 5.32 Å². The summed E-state index contributed by atoms with van der Waals surface area (Å²) in [7, 11) is 0. The van der Waals surface area contributed by atoms with E-state index < -0.39 is 5.60 Å². The molecule has 7 heteroatoms. The lowest BCUT2D eigenvalue weighted by Crippen LogP contribution is -2.45. The summed E-state index contributed by atoms with van der Waals surface area (Å²) < 4.78 is 11.3. The van der Waals surface area contributed by atoms with Crippen LogP contribution in [0.3, 0.4) is 0 Å². The molecule has 124 valence electrons. The van der Waals surface area contributed by atoms with Gasteiger partial charge in [0.1, 0.15) is 17.7 Å². The zero-order valence-electron chi connectivity index (χ0n) is 13.7. The number of carbonyl (C=O) groups is 1. The van der Waals surface area contributed by atoms with E-state index in [9.17, 15) is 4.79 Å². The Morgan fingerprint density at radius 2 is 2.09 bits per heavy atom. The Balaban J connectivity index is 1.50. The zero-order chi connectivity index (χ0) is 15.7. The highest BCUT2D eigenvalue weighted by Crippen LogP contribution is 2.24. The van der Waals surface area contributed by atoms with Crippen LogP contribution in [-0.4, -0.2) is 85.4 Å². The van der Waals surface area contributed by atoms with Gasteiger partial charge in [-0.15, -0.1) is 0 Å². The van der Waals surface area contributed by atoms with Crippen molar-refractivity contribution in [2.24, 2.45) is 4.99 Å². The van der Waals surface area contributed by atoms with Crippen molar-refractivity contribution >= 4 is 12.0 Å². The predicted octanol–water partition coefficient (Wildman–Crippen LogP) is 0.308. The molecule has 0 bridgehead atoms. The van der Waals surface area contributed by atoms with Crippen molar-refractivity contribution in [1.29, 1.82) is 0 Å². The van der Waals surface area contributed by atoms with Gasteiger partial charge in [-0.25, -0.2) is 9.79 Å². The Morgan fingerprint density at radius 3 is 2.73 bits per heavy atom. The molecule has 3 heterocycles. The lowest BCUT2D eigenvalue weighted by atomic mass is 10.2. The Kier molecular flexibility index (Phi) is 4.27. The molecule has 7 nitrogen and oxygen atoms in total. The minimum absolute atomic E-state index is 0.00886. The van der Waals surface area contributed by atoms with Gasteiger partial charge in [0.25, 0.3) is 0 Å². The number of likely N-dealkylation sites (tertiary alicyclic amines) is 1. The topological polar surface area (TPSA) is 66.4 Å². The Labute approximate surface area is 131 Å². The highest BCUT2D eigenvalue weighted by Gasteiger charge is 2.42. The SMILES string of the molecule is CC(C)(C)OC(=O)N1CC2N=C(CN3CCNCC3)OC2C1. The number of aliphatic imine (C=N–C) groups is 1. The van der Waals surface area contributed by atoms with Gasteiger partial charge in [0, 0.05) is 26.2 Å². The van der Waals surface area contributed by atoms with Crippen LogP contribution >= 0.6 is 0 Å². The summed E-state index contributed by atoms with van der Waals surface area (Å²) in [6, 6.07) is 0.0606. The largest absolute Gasteiger partial charge is 0.472 e. The molecule has 1 N–H and O–H groups in total. The molecule has 0 radical (unpaired) electrons. The number of fused-ring (bicyclic) bond motifs is 1. The summed E-state index contributed by atoms with van der Waals surface area (Å²) in [5.74, 6) is 0.820. The molecular weight excluding hydrogens is 284 g/mol. The van der Waals surface area contributed by atoms with E-state index in [1.54, 1.807) is 4.90 Å². The molecule has 0 aliphatic carbocycles. The van der Waals surface area contributed by atoms with Crippen LogP contribution in [0.2, 0.25) is 0 Å². The molecule has 2 atom stereocenters. The fourth-order valence-electron chi connectivity index (χ4n) is 3.00. The van der Waals surface area contributed by atoms with Gasteiger partial charge in [0.15, 0.2) is 5.90 Å². The minimum atomic E-state index is -0.466. The second-order valence-electron chi connectivity index (χ2n) is 7.16. The smallest absolute Gasteiger partial charge is 0.410 e. The minimum Gasteiger partial charge on any atom is -0.472 e. The number of nitrogens with one attached hydrogen (secondary N) is 1. The first-order chi connectivity index (χ1) is 10.4. The molecule has 0 spiro atoms. The van der Waals surface area contributed by atoms with Gasteiger partial charge in [-0.2, -0.15) is 0 Å². The van der Waals surface area contributed by atoms with Crippen molar-refractivity contribution < 1.29 is 14.3 Å². The van der Waals surface area contributed by atoms with Crippen LogP contribution in [0.5, 0.6) is 0 Å². The molecule has 3 aliphatic heterocycles. The molecule has 3 aliphatic rings. The third-order valence-corrected chi connectivity index (χ3v) is 4.05. The van der Waals surface area contributed by atoms with Crippen LogP contribution in [0.4, 0.5) is 4.79 Å². The van der Waals surface area contributed by atoms with Crippen molar-refractivity contribution in [2.75, 3.05) is 45.8 Å². The van der Waals surface area contributed by atoms with Crippen molar-refractivity contribution in [3.8, 4) is 0 Å². The molecule has 0 aromatic heterocycles. The maximum absolute atomic E-state index is 12.1. The highest BCUT2D eigenvalue weighted by molar-refractivity contribution is 5.81. The maximum Gasteiger partial charge on any atom is 0.410 e. The summed E-state index contributed by atoms with van der Waals surface area (Å²) in [5, 5.41) is 3.34. The average Bonchev–Trinajstić information content (AvgIpc) is 2.96. The first-order valence-corrected chi connectivity index (χ1v) is 8.05. The maximum atomic E-state index is 12.1. The molecule has 22 heavy (non-hydrogen) atoms. The Morgan fingerprint density at radius 1 is 1.36 bits per heavy atom. The van der Waals surface area contributed by atoms with Gasteiger partial charge in [-0.05, 0) is 20.8 Å². The van der Waals surface area contributed by atoms with Gasteiger partial charge < -0.3 is 19.7 Å². The molecule has 0 aromatic rings. The fourth-order valence-corrected chi connectivity index (χ4v) is 3.00. The van der Waals surface area contributed by atoms with E-state index >= 15 is 0 Å². The quantitative estimate of drug-likeness (QED) is 0.795. The summed E-state index contributed by atoms with van der Waals surface area (Å²) in [6.45, 7) is 11.7. The summed E-state index contributed by atoms with van der Waals surface area (Å²) in [5.41, 5.74) is -0.466. The van der Waals surface area contributed by atoms with Gasteiger partial charge >= 0.3 is 6.09 Å². The summed E-state index contributed by atoms with van der Waals surface area (Å²) in [4.78, 5) is 20.8. The van der Waals surface area contributed by atoms with E-state index in [4.69, 9.17) is 9.47 Å². The number of nitrogens with zero attached hydrogens (tertiary/aromatic N) is 3. The third-order valence-electron chi connectivity index (χ3n) is 4.05. The Bertz CT molecular complexity index is 454. The molecule has 2 saturated heterocycles. The lowest BCUT2D eigenvalue weighted by Gasteiger charge is -2.27. The van der Waals surface area contributed by atoms with Gasteiger partial charge in [0.05, 0.1) is 19.6 Å². The number of hydrogen-bond acceptors (Lipinski definition) is 6. The predicted molar refractivity (Wildman–Crippen MR) is 83.2 cm³/mol. The molecule has 2 unspecified atom stereocenters. The molecule has 0 saturated carbocycles. The molecule has 1 amide bonds. The van der Waals surface area contributed by atoms with Gasteiger partial charge in [-0.1, -0.05) is 0 Å². The standard InChI is InChI=1S/C15H26N4O3/c1-15(2,3)22-14(20)19-8-11-12(9-19)21-13(17-11)10-18-6-4-16-5-7-18/h11-12,16H,4-10H2,1-3H3. The van der Waals surface area contributed by atoms with E-state index in [0.717, 1.165) is 38.6 Å². The molecular formula is C15H26N4O3. The monoisotopic (exact) mass is 310 g/mol. The number of rotatable bonds is 2. The summed E-state index contributed by atoms with van der Waals surface area (Å²) >= 11 is 0. The first kappa shape index (κ1) is 15.6. The van der Waals surface area contributed by atoms with Gasteiger partial charge in [0.2, 0.25) is 0 Å². The van der Waals surface area contributed by atoms with Crippen molar-refractivity contribution in [1.82, 2.24) is 15.1 Å². The number of piperazine rings is 1. The lowest BCUT2D eigenvalue weighted by molar-refractivity contribution is 0.0270.